The van der Waals surface area contributed by atoms with Crippen LogP contribution < -0.4 is 0 Å². The largest absolute Gasteiger partial charge is 0.468 e. The van der Waals surface area contributed by atoms with E-state index in [1.165, 1.54) is 8.61 Å². The van der Waals surface area contributed by atoms with Gasteiger partial charge >= 0.3 is 0 Å². The molecule has 0 amide bonds. The molecule has 0 saturated carbocycles. The van der Waals surface area contributed by atoms with Gasteiger partial charge in [0.2, 0.25) is 0 Å². The van der Waals surface area contributed by atoms with Crippen molar-refractivity contribution < 1.29 is 12.8 Å². The highest BCUT2D eigenvalue weighted by atomic mass is 32.2. The summed E-state index contributed by atoms with van der Waals surface area (Å²) in [5, 5.41) is 0. The highest BCUT2D eigenvalue weighted by Gasteiger charge is 2.38. The summed E-state index contributed by atoms with van der Waals surface area (Å²) in [5.41, 5.74) is 0.613. The van der Waals surface area contributed by atoms with Crippen molar-refractivity contribution in [1.82, 2.24) is 18.6 Å². The van der Waals surface area contributed by atoms with Gasteiger partial charge in [0.25, 0.3) is 10.2 Å². The van der Waals surface area contributed by atoms with Crippen LogP contribution in [0.1, 0.15) is 30.3 Å². The third kappa shape index (κ3) is 2.90. The van der Waals surface area contributed by atoms with E-state index >= 15 is 0 Å². The zero-order valence-electron chi connectivity index (χ0n) is 12.3. The molecule has 1 saturated heterocycles. The van der Waals surface area contributed by atoms with Gasteiger partial charge in [0.05, 0.1) is 24.5 Å². The number of furan rings is 1. The van der Waals surface area contributed by atoms with Crippen molar-refractivity contribution in [3.63, 3.8) is 0 Å². The Balaban J connectivity index is 1.79. The first-order chi connectivity index (χ1) is 10.6. The van der Waals surface area contributed by atoms with Crippen molar-refractivity contribution in [1.29, 1.82) is 0 Å². The lowest BCUT2D eigenvalue weighted by atomic mass is 10.2. The van der Waals surface area contributed by atoms with Crippen LogP contribution in [0.3, 0.4) is 0 Å². The molecule has 22 heavy (non-hydrogen) atoms. The van der Waals surface area contributed by atoms with Crippen LogP contribution in [-0.2, 0) is 16.8 Å². The summed E-state index contributed by atoms with van der Waals surface area (Å²) >= 11 is 0. The molecule has 0 unspecified atom stereocenters. The molecular weight excluding hydrogens is 304 g/mol. The molecule has 0 N–H and O–H groups in total. The molecule has 0 bridgehead atoms. The Morgan fingerprint density at radius 1 is 1.45 bits per heavy atom. The van der Waals surface area contributed by atoms with Gasteiger partial charge in [-0.1, -0.05) is 0 Å². The Bertz CT molecular complexity index is 703. The average molecular weight is 322 g/mol. The summed E-state index contributed by atoms with van der Waals surface area (Å²) in [6, 6.07) is 3.37. The molecule has 118 valence electrons. The second-order valence-electron chi connectivity index (χ2n) is 5.24. The fourth-order valence-corrected chi connectivity index (χ4v) is 4.23. The first-order valence-corrected chi connectivity index (χ1v) is 8.50. The second-order valence-corrected chi connectivity index (χ2v) is 7.23. The van der Waals surface area contributed by atoms with E-state index in [2.05, 4.69) is 9.97 Å². The van der Waals surface area contributed by atoms with Crippen LogP contribution in [0.15, 0.2) is 41.4 Å². The van der Waals surface area contributed by atoms with E-state index in [1.807, 2.05) is 6.07 Å². The van der Waals surface area contributed by atoms with Crippen molar-refractivity contribution >= 4 is 10.2 Å². The summed E-state index contributed by atoms with van der Waals surface area (Å²) in [7, 11) is -2.02. The summed E-state index contributed by atoms with van der Waals surface area (Å²) in [6.45, 7) is 0.691. The molecule has 0 aliphatic carbocycles. The molecule has 2 aromatic rings. The molecule has 1 aliphatic rings. The Labute approximate surface area is 129 Å². The molecule has 0 radical (unpaired) electrons. The fraction of sp³-hybridized carbons (Fsp3) is 0.429. The van der Waals surface area contributed by atoms with Crippen LogP contribution in [-0.4, -0.2) is 40.6 Å². The highest BCUT2D eigenvalue weighted by molar-refractivity contribution is 7.86. The van der Waals surface area contributed by atoms with Crippen LogP contribution in [0.2, 0.25) is 0 Å². The first kappa shape index (κ1) is 15.1. The minimum atomic E-state index is -3.57. The zero-order valence-corrected chi connectivity index (χ0v) is 13.1. The Kier molecular flexibility index (Phi) is 4.23. The molecule has 7 nitrogen and oxygen atoms in total. The van der Waals surface area contributed by atoms with Crippen LogP contribution >= 0.6 is 0 Å². The van der Waals surface area contributed by atoms with Gasteiger partial charge in [0.1, 0.15) is 5.76 Å². The third-order valence-corrected chi connectivity index (χ3v) is 5.71. The monoisotopic (exact) mass is 322 g/mol. The number of aromatic nitrogens is 2. The predicted octanol–water partition coefficient (Wildman–Crippen LogP) is 1.58. The molecular formula is C14H18N4O3S. The maximum Gasteiger partial charge on any atom is 0.282 e. The number of hydrogen-bond acceptors (Lipinski definition) is 5. The van der Waals surface area contributed by atoms with Crippen molar-refractivity contribution in [2.24, 2.45) is 0 Å². The van der Waals surface area contributed by atoms with Crippen molar-refractivity contribution in [3.05, 3.63) is 48.4 Å². The topological polar surface area (TPSA) is 79.5 Å². The van der Waals surface area contributed by atoms with Gasteiger partial charge in [-0.2, -0.15) is 17.0 Å². The van der Waals surface area contributed by atoms with E-state index in [9.17, 15) is 8.42 Å². The Hall–Kier alpha value is -1.77. The highest BCUT2D eigenvalue weighted by Crippen LogP contribution is 2.35. The van der Waals surface area contributed by atoms with E-state index in [-0.39, 0.29) is 12.6 Å². The smallest absolute Gasteiger partial charge is 0.282 e. The molecule has 0 spiro atoms. The minimum Gasteiger partial charge on any atom is -0.468 e. The van der Waals surface area contributed by atoms with Gasteiger partial charge in [-0.25, -0.2) is 0 Å². The normalized spacial score (nSPS) is 19.8. The summed E-state index contributed by atoms with van der Waals surface area (Å²) in [5.74, 6) is 0.689. The molecule has 1 aliphatic heterocycles. The van der Waals surface area contributed by atoms with Crippen molar-refractivity contribution in [3.8, 4) is 0 Å². The maximum absolute atomic E-state index is 12.8. The van der Waals surface area contributed by atoms with Gasteiger partial charge < -0.3 is 4.42 Å². The third-order valence-electron chi connectivity index (χ3n) is 3.77. The summed E-state index contributed by atoms with van der Waals surface area (Å²) < 4.78 is 33.8. The van der Waals surface area contributed by atoms with Gasteiger partial charge in [-0.3, -0.25) is 9.97 Å². The Morgan fingerprint density at radius 3 is 3.00 bits per heavy atom. The van der Waals surface area contributed by atoms with Crippen LogP contribution in [0.25, 0.3) is 0 Å². The first-order valence-electron chi connectivity index (χ1n) is 7.10. The second kappa shape index (κ2) is 6.15. The molecule has 1 atom stereocenters. The summed E-state index contributed by atoms with van der Waals surface area (Å²) in [4.78, 5) is 8.08. The molecule has 8 heteroatoms. The molecule has 3 rings (SSSR count). The van der Waals surface area contributed by atoms with Gasteiger partial charge in [0, 0.05) is 32.2 Å². The van der Waals surface area contributed by atoms with Crippen LogP contribution in [0, 0.1) is 0 Å². The van der Waals surface area contributed by atoms with Gasteiger partial charge in [-0.15, -0.1) is 0 Å². The van der Waals surface area contributed by atoms with Crippen molar-refractivity contribution in [2.45, 2.75) is 25.4 Å². The number of hydrogen-bond donors (Lipinski definition) is 0. The number of rotatable bonds is 5. The van der Waals surface area contributed by atoms with E-state index in [1.54, 1.807) is 38.0 Å². The Morgan fingerprint density at radius 2 is 2.32 bits per heavy atom. The van der Waals surface area contributed by atoms with Crippen LogP contribution in [0.4, 0.5) is 0 Å². The van der Waals surface area contributed by atoms with Gasteiger partial charge in [0.15, 0.2) is 0 Å². The molecule has 3 heterocycles. The van der Waals surface area contributed by atoms with E-state index < -0.39 is 10.2 Å². The number of nitrogens with zero attached hydrogens (tertiary/aromatic N) is 4. The molecule has 0 aromatic carbocycles. The lowest BCUT2D eigenvalue weighted by molar-refractivity contribution is 0.310. The standard InChI is InChI=1S/C14H18N4O3S/c1-17(11-12-10-15-6-7-16-12)22(19,20)18-8-2-4-13(18)14-5-3-9-21-14/h3,5-7,9-10,13H,2,4,8,11H2,1H3/t13-/m1/s1. The minimum absolute atomic E-state index is 0.192. The lowest BCUT2D eigenvalue weighted by Gasteiger charge is -2.27. The van der Waals surface area contributed by atoms with E-state index in [0.717, 1.165) is 12.8 Å². The lowest BCUT2D eigenvalue weighted by Crippen LogP contribution is -2.41. The predicted molar refractivity (Wildman–Crippen MR) is 79.8 cm³/mol. The maximum atomic E-state index is 12.8. The molecule has 2 aromatic heterocycles. The molecule has 1 fully saturated rings. The zero-order chi connectivity index (χ0) is 15.6. The average Bonchev–Trinajstić information content (AvgIpc) is 3.19. The quantitative estimate of drug-likeness (QED) is 0.835. The SMILES string of the molecule is CN(Cc1cnccn1)S(=O)(=O)N1CCC[C@@H]1c1ccco1. The summed E-state index contributed by atoms with van der Waals surface area (Å²) in [6.07, 6.45) is 7.85. The van der Waals surface area contributed by atoms with E-state index in [0.29, 0.717) is 18.0 Å². The van der Waals surface area contributed by atoms with Crippen molar-refractivity contribution in [2.75, 3.05) is 13.6 Å². The fourth-order valence-electron chi connectivity index (χ4n) is 2.68. The van der Waals surface area contributed by atoms with Crippen LogP contribution in [0.5, 0.6) is 0 Å². The van der Waals surface area contributed by atoms with E-state index in [4.69, 9.17) is 4.42 Å². The van der Waals surface area contributed by atoms with Gasteiger partial charge in [-0.05, 0) is 25.0 Å².